The number of carbonyl (C=O) groups is 2. The normalized spacial score (nSPS) is 13.0. The second-order valence-corrected chi connectivity index (χ2v) is 7.84. The molecule has 1 aromatic carbocycles. The third-order valence-corrected chi connectivity index (χ3v) is 5.11. The Balaban J connectivity index is 1.29. The Morgan fingerprint density at radius 3 is 2.62 bits per heavy atom. The SMILES string of the molecule is O=C(Nc1cccc(Oc2ccc3nc(NC(=O)C4CC4)cn3c2)c1)c1cccc(Cl)n1. The molecule has 3 heterocycles. The molecule has 1 aliphatic rings. The minimum atomic E-state index is -0.370. The highest BCUT2D eigenvalue weighted by molar-refractivity contribution is 6.29. The number of hydrogen-bond acceptors (Lipinski definition) is 5. The van der Waals surface area contributed by atoms with Crippen LogP contribution in [0.5, 0.6) is 11.5 Å². The van der Waals surface area contributed by atoms with E-state index < -0.39 is 0 Å². The first-order chi connectivity index (χ1) is 15.5. The maximum absolute atomic E-state index is 12.4. The van der Waals surface area contributed by atoms with E-state index in [0.29, 0.717) is 28.7 Å². The number of ether oxygens (including phenoxy) is 1. The van der Waals surface area contributed by atoms with Gasteiger partial charge in [-0.3, -0.25) is 9.59 Å². The van der Waals surface area contributed by atoms with Crippen molar-refractivity contribution in [3.05, 3.63) is 77.8 Å². The molecule has 2 N–H and O–H groups in total. The van der Waals surface area contributed by atoms with Gasteiger partial charge in [0.2, 0.25) is 5.91 Å². The summed E-state index contributed by atoms with van der Waals surface area (Å²) < 4.78 is 7.73. The van der Waals surface area contributed by atoms with Gasteiger partial charge in [0.25, 0.3) is 5.91 Å². The first-order valence-electron chi connectivity index (χ1n) is 10.0. The highest BCUT2D eigenvalue weighted by Gasteiger charge is 2.30. The Kier molecular flexibility index (Phi) is 5.20. The van der Waals surface area contributed by atoms with E-state index in [1.807, 2.05) is 0 Å². The molecular formula is C23H18ClN5O3. The Bertz CT molecular complexity index is 1330. The van der Waals surface area contributed by atoms with E-state index in [2.05, 4.69) is 20.6 Å². The number of imidazole rings is 1. The Hall–Kier alpha value is -3.91. The summed E-state index contributed by atoms with van der Waals surface area (Å²) in [6, 6.07) is 15.5. The molecule has 9 heteroatoms. The zero-order chi connectivity index (χ0) is 22.1. The van der Waals surface area contributed by atoms with Gasteiger partial charge in [-0.25, -0.2) is 9.97 Å². The monoisotopic (exact) mass is 447 g/mol. The lowest BCUT2D eigenvalue weighted by Gasteiger charge is -2.09. The summed E-state index contributed by atoms with van der Waals surface area (Å²) in [5.41, 5.74) is 1.47. The molecular weight excluding hydrogens is 430 g/mol. The third-order valence-electron chi connectivity index (χ3n) is 4.90. The van der Waals surface area contributed by atoms with Gasteiger partial charge in [0.05, 0.1) is 12.4 Å². The molecule has 0 atom stereocenters. The van der Waals surface area contributed by atoms with Gasteiger partial charge in [-0.2, -0.15) is 0 Å². The van der Waals surface area contributed by atoms with Crippen molar-refractivity contribution in [2.24, 2.45) is 5.92 Å². The molecule has 1 saturated carbocycles. The van der Waals surface area contributed by atoms with Crippen LogP contribution in [-0.4, -0.2) is 26.2 Å². The van der Waals surface area contributed by atoms with Crippen LogP contribution in [0.4, 0.5) is 11.5 Å². The smallest absolute Gasteiger partial charge is 0.274 e. The number of rotatable bonds is 6. The lowest BCUT2D eigenvalue weighted by atomic mass is 10.2. The highest BCUT2D eigenvalue weighted by Crippen LogP contribution is 2.30. The van der Waals surface area contributed by atoms with Crippen molar-refractivity contribution in [3.8, 4) is 11.5 Å². The van der Waals surface area contributed by atoms with Crippen LogP contribution < -0.4 is 15.4 Å². The average molecular weight is 448 g/mol. The van der Waals surface area contributed by atoms with Crippen LogP contribution in [0, 0.1) is 5.92 Å². The molecule has 0 radical (unpaired) electrons. The molecule has 2 amide bonds. The minimum Gasteiger partial charge on any atom is -0.456 e. The molecule has 4 aromatic rings. The van der Waals surface area contributed by atoms with Crippen LogP contribution >= 0.6 is 11.6 Å². The van der Waals surface area contributed by atoms with Crippen molar-refractivity contribution in [2.75, 3.05) is 10.6 Å². The zero-order valence-electron chi connectivity index (χ0n) is 16.8. The molecule has 8 nitrogen and oxygen atoms in total. The number of hydrogen-bond donors (Lipinski definition) is 2. The number of nitrogens with one attached hydrogen (secondary N) is 2. The number of pyridine rings is 2. The first kappa shape index (κ1) is 20.0. The van der Waals surface area contributed by atoms with Gasteiger partial charge in [0, 0.05) is 17.7 Å². The third kappa shape index (κ3) is 4.55. The lowest BCUT2D eigenvalue weighted by Crippen LogP contribution is -2.13. The molecule has 0 bridgehead atoms. The first-order valence-corrected chi connectivity index (χ1v) is 10.4. The summed E-state index contributed by atoms with van der Waals surface area (Å²) >= 11 is 5.85. The van der Waals surface area contributed by atoms with Gasteiger partial charge in [-0.05, 0) is 49.2 Å². The number of carbonyl (C=O) groups excluding carboxylic acids is 2. The van der Waals surface area contributed by atoms with Gasteiger partial charge in [-0.1, -0.05) is 23.7 Å². The molecule has 0 aliphatic heterocycles. The summed E-state index contributed by atoms with van der Waals surface area (Å²) in [6.07, 6.45) is 5.39. The predicted octanol–water partition coefficient (Wildman–Crippen LogP) is 4.78. The summed E-state index contributed by atoms with van der Waals surface area (Å²) in [6.45, 7) is 0. The Morgan fingerprint density at radius 1 is 0.969 bits per heavy atom. The predicted molar refractivity (Wildman–Crippen MR) is 120 cm³/mol. The van der Waals surface area contributed by atoms with Crippen molar-refractivity contribution in [1.29, 1.82) is 0 Å². The fraction of sp³-hybridized carbons (Fsp3) is 0.130. The molecule has 160 valence electrons. The minimum absolute atomic E-state index is 0.0108. The number of fused-ring (bicyclic) bond motifs is 1. The number of anilines is 2. The lowest BCUT2D eigenvalue weighted by molar-refractivity contribution is -0.117. The van der Waals surface area contributed by atoms with Crippen LogP contribution in [0.3, 0.4) is 0 Å². The van der Waals surface area contributed by atoms with E-state index in [9.17, 15) is 9.59 Å². The van der Waals surface area contributed by atoms with Crippen LogP contribution in [0.1, 0.15) is 23.3 Å². The molecule has 0 saturated heterocycles. The Morgan fingerprint density at radius 2 is 1.81 bits per heavy atom. The number of aromatic nitrogens is 3. The van der Waals surface area contributed by atoms with Gasteiger partial charge in [0.1, 0.15) is 28.0 Å². The highest BCUT2D eigenvalue weighted by atomic mass is 35.5. The zero-order valence-corrected chi connectivity index (χ0v) is 17.5. The number of nitrogens with zero attached hydrogens (tertiary/aromatic N) is 3. The summed E-state index contributed by atoms with van der Waals surface area (Å²) in [7, 11) is 0. The van der Waals surface area contributed by atoms with Crippen molar-refractivity contribution in [1.82, 2.24) is 14.4 Å². The average Bonchev–Trinajstić information content (AvgIpc) is 3.55. The van der Waals surface area contributed by atoms with Crippen LogP contribution in [-0.2, 0) is 4.79 Å². The second-order valence-electron chi connectivity index (χ2n) is 7.45. The second kappa shape index (κ2) is 8.32. The van der Waals surface area contributed by atoms with Gasteiger partial charge in [0.15, 0.2) is 5.82 Å². The van der Waals surface area contributed by atoms with Crippen LogP contribution in [0.15, 0.2) is 67.0 Å². The molecule has 1 aliphatic carbocycles. The van der Waals surface area contributed by atoms with E-state index in [4.69, 9.17) is 16.3 Å². The molecule has 3 aromatic heterocycles. The van der Waals surface area contributed by atoms with Crippen LogP contribution in [0.25, 0.3) is 5.65 Å². The molecule has 0 spiro atoms. The molecule has 0 unspecified atom stereocenters. The fourth-order valence-corrected chi connectivity index (χ4v) is 3.33. The molecule has 32 heavy (non-hydrogen) atoms. The Labute approximate surface area is 188 Å². The van der Waals surface area contributed by atoms with Crippen molar-refractivity contribution < 1.29 is 14.3 Å². The molecule has 5 rings (SSSR count). The number of halogens is 1. The van der Waals surface area contributed by atoms with E-state index in [1.165, 1.54) is 0 Å². The van der Waals surface area contributed by atoms with E-state index in [1.54, 1.807) is 71.4 Å². The quantitative estimate of drug-likeness (QED) is 0.415. The summed E-state index contributed by atoms with van der Waals surface area (Å²) in [5.74, 6) is 1.39. The number of benzene rings is 1. The van der Waals surface area contributed by atoms with E-state index >= 15 is 0 Å². The summed E-state index contributed by atoms with van der Waals surface area (Å²) in [5, 5.41) is 5.87. The van der Waals surface area contributed by atoms with Crippen molar-refractivity contribution in [2.45, 2.75) is 12.8 Å². The van der Waals surface area contributed by atoms with Gasteiger partial charge >= 0.3 is 0 Å². The standard InChI is InChI=1S/C23H18ClN5O3/c24-19-6-2-5-18(26-19)23(31)25-15-3-1-4-16(11-15)32-17-9-10-21-27-20(13-29(21)12-17)28-22(30)14-7-8-14/h1-6,9-14H,7-8H2,(H,25,31)(H,28,30). The fourth-order valence-electron chi connectivity index (χ4n) is 3.17. The largest absolute Gasteiger partial charge is 0.456 e. The van der Waals surface area contributed by atoms with Gasteiger partial charge < -0.3 is 19.8 Å². The maximum Gasteiger partial charge on any atom is 0.274 e. The van der Waals surface area contributed by atoms with E-state index in [0.717, 1.165) is 12.8 Å². The number of amides is 2. The maximum atomic E-state index is 12.4. The van der Waals surface area contributed by atoms with E-state index in [-0.39, 0.29) is 28.6 Å². The van der Waals surface area contributed by atoms with Crippen molar-refractivity contribution >= 4 is 40.6 Å². The van der Waals surface area contributed by atoms with Crippen molar-refractivity contribution in [3.63, 3.8) is 0 Å². The molecule has 1 fully saturated rings. The van der Waals surface area contributed by atoms with Crippen LogP contribution in [0.2, 0.25) is 5.15 Å². The topological polar surface area (TPSA) is 97.6 Å². The summed E-state index contributed by atoms with van der Waals surface area (Å²) in [4.78, 5) is 32.8. The van der Waals surface area contributed by atoms with Gasteiger partial charge in [-0.15, -0.1) is 0 Å².